The molecule has 1 aromatic heterocycles. The van der Waals surface area contributed by atoms with Gasteiger partial charge < -0.3 is 9.52 Å². The summed E-state index contributed by atoms with van der Waals surface area (Å²) in [5.41, 5.74) is 0.597. The molecule has 84 valence electrons. The fourth-order valence-corrected chi connectivity index (χ4v) is 3.15. The van der Waals surface area contributed by atoms with E-state index in [2.05, 4.69) is 13.8 Å². The highest BCUT2D eigenvalue weighted by atomic mass is 16.3. The fraction of sp³-hybridized carbons (Fsp3) is 0.692. The molecular weight excluding hydrogens is 188 g/mol. The predicted molar refractivity (Wildman–Crippen MR) is 59.5 cm³/mol. The van der Waals surface area contributed by atoms with Crippen molar-refractivity contribution in [1.29, 1.82) is 0 Å². The molecule has 1 aliphatic carbocycles. The molecular formula is C13H20O2. The summed E-state index contributed by atoms with van der Waals surface area (Å²) in [5.74, 6) is 1.26. The number of furan rings is 1. The minimum absolute atomic E-state index is 0.513. The normalized spacial score (nSPS) is 36.7. The van der Waals surface area contributed by atoms with Crippen LogP contribution in [-0.2, 0) is 6.42 Å². The van der Waals surface area contributed by atoms with Crippen LogP contribution in [0.1, 0.15) is 38.7 Å². The molecule has 0 radical (unpaired) electrons. The van der Waals surface area contributed by atoms with Gasteiger partial charge in [-0.25, -0.2) is 0 Å². The molecule has 0 amide bonds. The van der Waals surface area contributed by atoms with E-state index in [-0.39, 0.29) is 0 Å². The highest BCUT2D eigenvalue weighted by Crippen LogP contribution is 2.37. The van der Waals surface area contributed by atoms with Gasteiger partial charge in [0.1, 0.15) is 0 Å². The standard InChI is InChI=1S/C13H20O2/c1-10-5-11(2)7-13(14,6-10)8-12-3-4-15-9-12/h3-4,9-11,14H,5-8H2,1-2H3. The van der Waals surface area contributed by atoms with E-state index in [4.69, 9.17) is 4.42 Å². The van der Waals surface area contributed by atoms with Crippen molar-refractivity contribution in [3.8, 4) is 0 Å². The summed E-state index contributed by atoms with van der Waals surface area (Å²) >= 11 is 0. The maximum atomic E-state index is 10.5. The van der Waals surface area contributed by atoms with Crippen molar-refractivity contribution in [2.75, 3.05) is 0 Å². The summed E-state index contributed by atoms with van der Waals surface area (Å²) in [7, 11) is 0. The molecule has 2 unspecified atom stereocenters. The van der Waals surface area contributed by atoms with Crippen LogP contribution in [0, 0.1) is 11.8 Å². The lowest BCUT2D eigenvalue weighted by Gasteiger charge is -2.38. The molecule has 1 heterocycles. The van der Waals surface area contributed by atoms with Crippen molar-refractivity contribution >= 4 is 0 Å². The number of rotatable bonds is 2. The first kappa shape index (κ1) is 10.7. The molecule has 1 saturated carbocycles. The molecule has 2 heteroatoms. The van der Waals surface area contributed by atoms with Gasteiger partial charge >= 0.3 is 0 Å². The molecule has 0 spiro atoms. The zero-order valence-electron chi connectivity index (χ0n) is 9.57. The first-order chi connectivity index (χ1) is 7.07. The third-order valence-corrected chi connectivity index (χ3v) is 3.37. The van der Waals surface area contributed by atoms with Crippen LogP contribution < -0.4 is 0 Å². The molecule has 1 fully saturated rings. The minimum atomic E-state index is -0.513. The van der Waals surface area contributed by atoms with Crippen molar-refractivity contribution in [2.24, 2.45) is 11.8 Å². The number of hydrogen-bond donors (Lipinski definition) is 1. The van der Waals surface area contributed by atoms with Crippen LogP contribution in [0.25, 0.3) is 0 Å². The maximum absolute atomic E-state index is 10.5. The van der Waals surface area contributed by atoms with Crippen LogP contribution in [0.4, 0.5) is 0 Å². The van der Waals surface area contributed by atoms with Crippen molar-refractivity contribution in [3.63, 3.8) is 0 Å². The second kappa shape index (κ2) is 4.01. The molecule has 2 atom stereocenters. The van der Waals surface area contributed by atoms with Gasteiger partial charge in [-0.15, -0.1) is 0 Å². The highest BCUT2D eigenvalue weighted by Gasteiger charge is 2.36. The van der Waals surface area contributed by atoms with Crippen LogP contribution in [0.5, 0.6) is 0 Å². The lowest BCUT2D eigenvalue weighted by Crippen LogP contribution is -2.39. The predicted octanol–water partition coefficient (Wildman–Crippen LogP) is 3.01. The van der Waals surface area contributed by atoms with E-state index in [1.54, 1.807) is 12.5 Å². The highest BCUT2D eigenvalue weighted by molar-refractivity contribution is 5.10. The lowest BCUT2D eigenvalue weighted by molar-refractivity contribution is -0.0305. The number of aliphatic hydroxyl groups is 1. The van der Waals surface area contributed by atoms with E-state index in [1.165, 1.54) is 6.42 Å². The van der Waals surface area contributed by atoms with Crippen molar-refractivity contribution in [1.82, 2.24) is 0 Å². The average molecular weight is 208 g/mol. The Bertz CT molecular complexity index is 292. The van der Waals surface area contributed by atoms with E-state index in [0.717, 1.165) is 24.8 Å². The monoisotopic (exact) mass is 208 g/mol. The van der Waals surface area contributed by atoms with Crippen LogP contribution in [0.15, 0.2) is 23.0 Å². The third kappa shape index (κ3) is 2.63. The molecule has 1 aromatic rings. The SMILES string of the molecule is CC1CC(C)CC(O)(Cc2ccoc2)C1. The van der Waals surface area contributed by atoms with Crippen molar-refractivity contribution in [3.05, 3.63) is 24.2 Å². The summed E-state index contributed by atoms with van der Waals surface area (Å²) in [6, 6.07) is 1.95. The Morgan fingerprint density at radius 2 is 2.07 bits per heavy atom. The van der Waals surface area contributed by atoms with Crippen molar-refractivity contribution in [2.45, 2.75) is 45.1 Å². The summed E-state index contributed by atoms with van der Waals surface area (Å²) in [4.78, 5) is 0. The van der Waals surface area contributed by atoms with Gasteiger partial charge in [0.15, 0.2) is 0 Å². The molecule has 2 rings (SSSR count). The molecule has 0 saturated heterocycles. The Labute approximate surface area is 91.3 Å². The average Bonchev–Trinajstić information content (AvgIpc) is 2.52. The Balaban J connectivity index is 2.05. The maximum Gasteiger partial charge on any atom is 0.0935 e. The first-order valence-electron chi connectivity index (χ1n) is 5.81. The van der Waals surface area contributed by atoms with Gasteiger partial charge in [0, 0.05) is 6.42 Å². The minimum Gasteiger partial charge on any atom is -0.472 e. The van der Waals surface area contributed by atoms with Gasteiger partial charge in [-0.05, 0) is 42.7 Å². The Kier molecular flexibility index (Phi) is 2.87. The largest absolute Gasteiger partial charge is 0.472 e. The topological polar surface area (TPSA) is 33.4 Å². The second-order valence-corrected chi connectivity index (χ2v) is 5.39. The van der Waals surface area contributed by atoms with Crippen LogP contribution in [0.3, 0.4) is 0 Å². The molecule has 1 N–H and O–H groups in total. The smallest absolute Gasteiger partial charge is 0.0935 e. The fourth-order valence-electron chi connectivity index (χ4n) is 3.15. The van der Waals surface area contributed by atoms with Crippen molar-refractivity contribution < 1.29 is 9.52 Å². The van der Waals surface area contributed by atoms with Gasteiger partial charge in [0.2, 0.25) is 0 Å². The second-order valence-electron chi connectivity index (χ2n) is 5.39. The van der Waals surface area contributed by atoms with E-state index >= 15 is 0 Å². The summed E-state index contributed by atoms with van der Waals surface area (Å²) in [6.07, 6.45) is 7.23. The molecule has 15 heavy (non-hydrogen) atoms. The van der Waals surface area contributed by atoms with Crippen LogP contribution >= 0.6 is 0 Å². The molecule has 2 nitrogen and oxygen atoms in total. The summed E-state index contributed by atoms with van der Waals surface area (Å²) in [5, 5.41) is 10.5. The molecule has 1 aliphatic rings. The van der Waals surface area contributed by atoms with Gasteiger partial charge in [0.25, 0.3) is 0 Å². The molecule has 0 bridgehead atoms. The zero-order valence-corrected chi connectivity index (χ0v) is 9.57. The quantitative estimate of drug-likeness (QED) is 0.810. The first-order valence-corrected chi connectivity index (χ1v) is 5.81. The number of hydrogen-bond acceptors (Lipinski definition) is 2. The van der Waals surface area contributed by atoms with E-state index in [9.17, 15) is 5.11 Å². The molecule has 0 aliphatic heterocycles. The Hall–Kier alpha value is -0.760. The van der Waals surface area contributed by atoms with Gasteiger partial charge in [-0.2, -0.15) is 0 Å². The Morgan fingerprint density at radius 3 is 2.60 bits per heavy atom. The van der Waals surface area contributed by atoms with E-state index in [1.807, 2.05) is 6.07 Å². The van der Waals surface area contributed by atoms with Gasteiger partial charge in [-0.3, -0.25) is 0 Å². The third-order valence-electron chi connectivity index (χ3n) is 3.37. The summed E-state index contributed by atoms with van der Waals surface area (Å²) < 4.78 is 5.04. The molecule has 0 aromatic carbocycles. The summed E-state index contributed by atoms with van der Waals surface area (Å²) in [6.45, 7) is 4.46. The van der Waals surface area contributed by atoms with Gasteiger partial charge in [-0.1, -0.05) is 13.8 Å². The van der Waals surface area contributed by atoms with E-state index < -0.39 is 5.60 Å². The Morgan fingerprint density at radius 1 is 1.40 bits per heavy atom. The van der Waals surface area contributed by atoms with Crippen LogP contribution in [-0.4, -0.2) is 10.7 Å². The zero-order chi connectivity index (χ0) is 10.9. The van der Waals surface area contributed by atoms with E-state index in [0.29, 0.717) is 11.8 Å². The van der Waals surface area contributed by atoms with Crippen LogP contribution in [0.2, 0.25) is 0 Å². The van der Waals surface area contributed by atoms with Gasteiger partial charge in [0.05, 0.1) is 18.1 Å². The lowest BCUT2D eigenvalue weighted by atomic mass is 9.71.